The summed E-state index contributed by atoms with van der Waals surface area (Å²) in [4.78, 5) is 11.9. The van der Waals surface area contributed by atoms with Crippen LogP contribution in [0.25, 0.3) is 0 Å². The van der Waals surface area contributed by atoms with Crippen molar-refractivity contribution in [2.75, 3.05) is 0 Å². The molecule has 110 valence electrons. The highest BCUT2D eigenvalue weighted by Gasteiger charge is 2.12. The lowest BCUT2D eigenvalue weighted by molar-refractivity contribution is -0.120. The number of nitrogens with one attached hydrogen (secondary N) is 1. The summed E-state index contributed by atoms with van der Waals surface area (Å²) in [6.45, 7) is 0.767. The van der Waals surface area contributed by atoms with Gasteiger partial charge < -0.3 is 11.1 Å². The SMILES string of the molecule is NCc1ccccc1CNC(=O)Cc1c(F)cccc1Cl. The van der Waals surface area contributed by atoms with Gasteiger partial charge in [0.1, 0.15) is 5.82 Å². The zero-order valence-electron chi connectivity index (χ0n) is 11.4. The molecule has 0 saturated carbocycles. The average Bonchev–Trinajstić information content (AvgIpc) is 2.49. The van der Waals surface area contributed by atoms with Gasteiger partial charge >= 0.3 is 0 Å². The highest BCUT2D eigenvalue weighted by molar-refractivity contribution is 6.31. The van der Waals surface area contributed by atoms with Crippen LogP contribution in [0.5, 0.6) is 0 Å². The number of amides is 1. The third-order valence-electron chi connectivity index (χ3n) is 3.21. The number of halogens is 2. The normalized spacial score (nSPS) is 10.4. The van der Waals surface area contributed by atoms with Crippen LogP contribution in [-0.4, -0.2) is 5.91 Å². The Labute approximate surface area is 127 Å². The molecule has 0 aliphatic carbocycles. The van der Waals surface area contributed by atoms with E-state index in [2.05, 4.69) is 5.32 Å². The predicted molar refractivity (Wildman–Crippen MR) is 81.3 cm³/mol. The van der Waals surface area contributed by atoms with E-state index in [4.69, 9.17) is 17.3 Å². The maximum absolute atomic E-state index is 13.6. The van der Waals surface area contributed by atoms with Crippen LogP contribution < -0.4 is 11.1 Å². The van der Waals surface area contributed by atoms with Crippen molar-refractivity contribution in [1.82, 2.24) is 5.32 Å². The van der Waals surface area contributed by atoms with E-state index >= 15 is 0 Å². The third kappa shape index (κ3) is 4.03. The molecule has 1 amide bonds. The molecule has 2 rings (SSSR count). The Kier molecular flexibility index (Phi) is 5.31. The molecule has 2 aromatic carbocycles. The van der Waals surface area contributed by atoms with Crippen molar-refractivity contribution in [3.8, 4) is 0 Å². The minimum absolute atomic E-state index is 0.0870. The van der Waals surface area contributed by atoms with Crippen LogP contribution in [0.4, 0.5) is 4.39 Å². The van der Waals surface area contributed by atoms with Crippen molar-refractivity contribution in [2.24, 2.45) is 5.73 Å². The molecule has 0 aromatic heterocycles. The van der Waals surface area contributed by atoms with Gasteiger partial charge in [0.2, 0.25) is 5.91 Å². The minimum Gasteiger partial charge on any atom is -0.352 e. The summed E-state index contributed by atoms with van der Waals surface area (Å²) >= 11 is 5.90. The molecule has 0 fully saturated rings. The molecule has 0 aliphatic rings. The summed E-state index contributed by atoms with van der Waals surface area (Å²) in [6, 6.07) is 12.0. The summed E-state index contributed by atoms with van der Waals surface area (Å²) in [6.07, 6.45) is -0.0870. The second-order valence-electron chi connectivity index (χ2n) is 4.63. The first-order valence-corrected chi connectivity index (χ1v) is 6.96. The van der Waals surface area contributed by atoms with Crippen LogP contribution >= 0.6 is 11.6 Å². The Morgan fingerprint density at radius 1 is 1.14 bits per heavy atom. The van der Waals surface area contributed by atoms with E-state index in [0.29, 0.717) is 13.1 Å². The van der Waals surface area contributed by atoms with Crippen LogP contribution in [0.15, 0.2) is 42.5 Å². The number of hydrogen-bond acceptors (Lipinski definition) is 2. The second kappa shape index (κ2) is 7.20. The van der Waals surface area contributed by atoms with E-state index in [0.717, 1.165) is 11.1 Å². The van der Waals surface area contributed by atoms with Gasteiger partial charge in [-0.1, -0.05) is 41.9 Å². The fourth-order valence-electron chi connectivity index (χ4n) is 2.05. The van der Waals surface area contributed by atoms with Crippen molar-refractivity contribution in [3.05, 3.63) is 70.0 Å². The summed E-state index contributed by atoms with van der Waals surface area (Å²) in [5.74, 6) is -0.756. The maximum Gasteiger partial charge on any atom is 0.224 e. The largest absolute Gasteiger partial charge is 0.352 e. The summed E-state index contributed by atoms with van der Waals surface area (Å²) in [5.41, 5.74) is 7.78. The minimum atomic E-state index is -0.472. The molecule has 0 saturated heterocycles. The number of hydrogen-bond donors (Lipinski definition) is 2. The Balaban J connectivity index is 1.99. The smallest absolute Gasteiger partial charge is 0.224 e. The van der Waals surface area contributed by atoms with Gasteiger partial charge in [-0.15, -0.1) is 0 Å². The third-order valence-corrected chi connectivity index (χ3v) is 3.57. The van der Waals surface area contributed by atoms with Gasteiger partial charge in [0.05, 0.1) is 6.42 Å². The number of benzene rings is 2. The molecule has 0 heterocycles. The van der Waals surface area contributed by atoms with Gasteiger partial charge in [-0.05, 0) is 23.3 Å². The molecule has 2 aromatic rings. The van der Waals surface area contributed by atoms with Crippen LogP contribution in [0, 0.1) is 5.82 Å². The summed E-state index contributed by atoms with van der Waals surface area (Å²) in [5, 5.41) is 3.01. The summed E-state index contributed by atoms with van der Waals surface area (Å²) in [7, 11) is 0. The molecule has 21 heavy (non-hydrogen) atoms. The molecular formula is C16H16ClFN2O. The van der Waals surface area contributed by atoms with Gasteiger partial charge in [-0.2, -0.15) is 0 Å². The van der Waals surface area contributed by atoms with E-state index in [1.807, 2.05) is 24.3 Å². The van der Waals surface area contributed by atoms with E-state index < -0.39 is 5.82 Å². The molecule has 0 aliphatic heterocycles. The van der Waals surface area contributed by atoms with Gasteiger partial charge in [0.25, 0.3) is 0 Å². The zero-order valence-corrected chi connectivity index (χ0v) is 12.2. The average molecular weight is 307 g/mol. The lowest BCUT2D eigenvalue weighted by Crippen LogP contribution is -2.25. The Bertz CT molecular complexity index is 626. The Morgan fingerprint density at radius 2 is 1.86 bits per heavy atom. The van der Waals surface area contributed by atoms with E-state index in [-0.39, 0.29) is 22.9 Å². The van der Waals surface area contributed by atoms with Gasteiger partial charge in [0.15, 0.2) is 0 Å². The number of nitrogens with two attached hydrogens (primary N) is 1. The van der Waals surface area contributed by atoms with Gasteiger partial charge in [-0.25, -0.2) is 4.39 Å². The van der Waals surface area contributed by atoms with Crippen molar-refractivity contribution in [2.45, 2.75) is 19.5 Å². The lowest BCUT2D eigenvalue weighted by Gasteiger charge is -2.10. The van der Waals surface area contributed by atoms with E-state index in [1.54, 1.807) is 6.07 Å². The fraction of sp³-hybridized carbons (Fsp3) is 0.188. The van der Waals surface area contributed by atoms with Gasteiger partial charge in [-0.3, -0.25) is 4.79 Å². The first-order chi connectivity index (χ1) is 10.1. The predicted octanol–water partition coefficient (Wildman–Crippen LogP) is 2.80. The number of carbonyl (C=O) groups is 1. The van der Waals surface area contributed by atoms with Crippen LogP contribution in [0.1, 0.15) is 16.7 Å². The van der Waals surface area contributed by atoms with Crippen molar-refractivity contribution in [3.63, 3.8) is 0 Å². The lowest BCUT2D eigenvalue weighted by atomic mass is 10.1. The van der Waals surface area contributed by atoms with Crippen LogP contribution in [0.2, 0.25) is 5.02 Å². The number of rotatable bonds is 5. The molecule has 0 unspecified atom stereocenters. The van der Waals surface area contributed by atoms with Crippen LogP contribution in [0.3, 0.4) is 0 Å². The highest BCUT2D eigenvalue weighted by atomic mass is 35.5. The van der Waals surface area contributed by atoms with Crippen molar-refractivity contribution >= 4 is 17.5 Å². The maximum atomic E-state index is 13.6. The van der Waals surface area contributed by atoms with Crippen molar-refractivity contribution in [1.29, 1.82) is 0 Å². The highest BCUT2D eigenvalue weighted by Crippen LogP contribution is 2.19. The summed E-state index contributed by atoms with van der Waals surface area (Å²) < 4.78 is 13.6. The van der Waals surface area contributed by atoms with Gasteiger partial charge in [0, 0.05) is 23.7 Å². The molecule has 0 bridgehead atoms. The quantitative estimate of drug-likeness (QED) is 0.892. The molecular weight excluding hydrogens is 291 g/mol. The Morgan fingerprint density at radius 3 is 2.52 bits per heavy atom. The van der Waals surface area contributed by atoms with Crippen LogP contribution in [-0.2, 0) is 24.3 Å². The van der Waals surface area contributed by atoms with E-state index in [9.17, 15) is 9.18 Å². The molecule has 0 atom stereocenters. The monoisotopic (exact) mass is 306 g/mol. The Hall–Kier alpha value is -1.91. The van der Waals surface area contributed by atoms with Crippen molar-refractivity contribution < 1.29 is 9.18 Å². The molecule has 3 N–H and O–H groups in total. The first kappa shape index (κ1) is 15.5. The topological polar surface area (TPSA) is 55.1 Å². The fourth-order valence-corrected chi connectivity index (χ4v) is 2.28. The second-order valence-corrected chi connectivity index (χ2v) is 5.03. The molecule has 0 radical (unpaired) electrons. The molecule has 3 nitrogen and oxygen atoms in total. The zero-order chi connectivity index (χ0) is 15.2. The molecule has 0 spiro atoms. The number of carbonyl (C=O) groups excluding carboxylic acids is 1. The molecule has 5 heteroatoms. The first-order valence-electron chi connectivity index (χ1n) is 6.58. The van der Waals surface area contributed by atoms with E-state index in [1.165, 1.54) is 12.1 Å². The standard InChI is InChI=1S/C16H16ClFN2O/c17-14-6-3-7-15(18)13(14)8-16(21)20-10-12-5-2-1-4-11(12)9-19/h1-7H,8-10,19H2,(H,20,21).